The van der Waals surface area contributed by atoms with E-state index in [9.17, 15) is 34.5 Å². The third kappa shape index (κ3) is 45.6. The Bertz CT molecular complexity index is 1820. The van der Waals surface area contributed by atoms with Crippen molar-refractivity contribution in [2.75, 3.05) is 13.2 Å². The van der Waals surface area contributed by atoms with Crippen molar-refractivity contribution in [3.63, 3.8) is 0 Å². The van der Waals surface area contributed by atoms with Crippen LogP contribution in [0.1, 0.15) is 252 Å². The highest BCUT2D eigenvalue weighted by molar-refractivity contribution is 5.74. The molecule has 0 radical (unpaired) electrons. The van der Waals surface area contributed by atoms with E-state index >= 15 is 0 Å². The van der Waals surface area contributed by atoms with Gasteiger partial charge in [0.2, 0.25) is 0 Å². The minimum Gasteiger partial charge on any atom is -0.479 e. The molecule has 1 heterocycles. The van der Waals surface area contributed by atoms with Gasteiger partial charge in [0.05, 0.1) is 6.61 Å². The molecule has 81 heavy (non-hydrogen) atoms. The van der Waals surface area contributed by atoms with Crippen molar-refractivity contribution >= 4 is 23.9 Å². The molecule has 1 aliphatic rings. The molecule has 6 unspecified atom stereocenters. The van der Waals surface area contributed by atoms with Crippen LogP contribution in [0.25, 0.3) is 0 Å². The molecule has 1 aliphatic heterocycles. The number of carbonyl (C=O) groups is 4. The second kappa shape index (κ2) is 55.9. The van der Waals surface area contributed by atoms with Crippen molar-refractivity contribution < 1.29 is 58.2 Å². The molecule has 3 N–H and O–H groups in total. The summed E-state index contributed by atoms with van der Waals surface area (Å²) in [7, 11) is 0. The number of aliphatic carboxylic acids is 1. The van der Waals surface area contributed by atoms with E-state index in [0.29, 0.717) is 19.3 Å². The Morgan fingerprint density at radius 2 is 0.802 bits per heavy atom. The normalized spacial score (nSPS) is 18.5. The summed E-state index contributed by atoms with van der Waals surface area (Å²) in [6.45, 7) is 5.76. The molecule has 1 rings (SSSR count). The van der Waals surface area contributed by atoms with Crippen molar-refractivity contribution in [3.8, 4) is 0 Å². The summed E-state index contributed by atoms with van der Waals surface area (Å²) in [5.41, 5.74) is 0. The first-order valence-corrected chi connectivity index (χ1v) is 31.9. The first kappa shape index (κ1) is 74.4. The van der Waals surface area contributed by atoms with E-state index in [2.05, 4.69) is 130 Å². The van der Waals surface area contributed by atoms with Crippen LogP contribution in [0, 0.1) is 0 Å². The fourth-order valence-corrected chi connectivity index (χ4v) is 8.93. The molecule has 0 amide bonds. The number of aliphatic hydroxyl groups excluding tert-OH is 2. The van der Waals surface area contributed by atoms with Crippen LogP contribution in [0.4, 0.5) is 0 Å². The number of carboxylic acids is 1. The molecule has 0 aromatic rings. The Morgan fingerprint density at radius 1 is 0.420 bits per heavy atom. The molecule has 12 nitrogen and oxygen atoms in total. The second-order valence-corrected chi connectivity index (χ2v) is 21.3. The molecule has 1 saturated heterocycles. The van der Waals surface area contributed by atoms with Gasteiger partial charge in [-0.05, 0) is 122 Å². The van der Waals surface area contributed by atoms with Crippen molar-refractivity contribution in [2.45, 2.75) is 289 Å². The van der Waals surface area contributed by atoms with Crippen molar-refractivity contribution in [3.05, 3.63) is 109 Å². The van der Waals surface area contributed by atoms with Crippen LogP contribution in [0.5, 0.6) is 0 Å². The van der Waals surface area contributed by atoms with Crippen molar-refractivity contribution in [1.82, 2.24) is 0 Å². The van der Waals surface area contributed by atoms with Crippen LogP contribution in [-0.4, -0.2) is 89.2 Å². The van der Waals surface area contributed by atoms with E-state index in [0.717, 1.165) is 141 Å². The maximum Gasteiger partial charge on any atom is 0.335 e. The summed E-state index contributed by atoms with van der Waals surface area (Å²) in [6, 6.07) is 0. The average molecular weight is 1130 g/mol. The van der Waals surface area contributed by atoms with Crippen LogP contribution in [0.2, 0.25) is 0 Å². The first-order chi connectivity index (χ1) is 39.6. The molecule has 0 aliphatic carbocycles. The first-order valence-electron chi connectivity index (χ1n) is 31.9. The molecular weight excluding hydrogens is 1020 g/mol. The van der Waals surface area contributed by atoms with Gasteiger partial charge in [0, 0.05) is 19.3 Å². The molecule has 0 bridgehead atoms. The highest BCUT2D eigenvalue weighted by Crippen LogP contribution is 2.26. The minimum absolute atomic E-state index is 0.0356. The number of ether oxygens (including phenoxy) is 5. The van der Waals surface area contributed by atoms with Gasteiger partial charge in [-0.15, -0.1) is 0 Å². The number of esters is 3. The van der Waals surface area contributed by atoms with Crippen LogP contribution in [0.3, 0.4) is 0 Å². The van der Waals surface area contributed by atoms with Crippen LogP contribution >= 0.6 is 0 Å². The number of hydrogen-bond acceptors (Lipinski definition) is 11. The molecular formula is C69H112O12. The zero-order valence-corrected chi connectivity index (χ0v) is 50.7. The standard InChI is InChI=1S/C69H112O12/c1-4-7-10-13-16-19-22-25-27-29-31-33-35-38-40-43-46-49-52-55-61(70)77-58-60(79-62(71)56-53-50-47-44-42-39-36-34-32-30-28-26-23-20-17-14-11-8-5-2)59-78-69-67(65(74)64(73)66(81-69)68(75)76)80-63(72)57-54-51-48-45-41-37-24-21-18-15-12-9-6-3/h7,10,12,15-17,19-21,24-28,31,33,38,40,60,64-67,69,73-74H,4-6,8-9,11,13-14,18,22-23,29-30,32,34-37,39,41-59H2,1-3H3,(H,75,76)/b10-7-,15-12-,19-16-,20-17-,24-21-,27-25-,28-26-,33-31-,40-38-. The fourth-order valence-electron chi connectivity index (χ4n) is 8.93. The summed E-state index contributed by atoms with van der Waals surface area (Å²) < 4.78 is 28.5. The highest BCUT2D eigenvalue weighted by Gasteiger charge is 2.50. The summed E-state index contributed by atoms with van der Waals surface area (Å²) in [6.07, 6.45) is 63.3. The van der Waals surface area contributed by atoms with Gasteiger partial charge in [-0.2, -0.15) is 0 Å². The van der Waals surface area contributed by atoms with Crippen LogP contribution in [0.15, 0.2) is 109 Å². The van der Waals surface area contributed by atoms with Gasteiger partial charge in [0.15, 0.2) is 24.6 Å². The number of aliphatic hydroxyl groups is 2. The minimum atomic E-state index is -1.92. The molecule has 460 valence electrons. The lowest BCUT2D eigenvalue weighted by molar-refractivity contribution is -0.301. The molecule has 0 aromatic carbocycles. The van der Waals surface area contributed by atoms with E-state index in [4.69, 9.17) is 23.7 Å². The summed E-state index contributed by atoms with van der Waals surface area (Å²) in [4.78, 5) is 51.3. The van der Waals surface area contributed by atoms with E-state index in [1.165, 1.54) is 51.4 Å². The van der Waals surface area contributed by atoms with Gasteiger partial charge in [0.25, 0.3) is 0 Å². The molecule has 0 aromatic heterocycles. The van der Waals surface area contributed by atoms with Gasteiger partial charge in [0.1, 0.15) is 18.8 Å². The smallest absolute Gasteiger partial charge is 0.335 e. The molecule has 0 spiro atoms. The summed E-state index contributed by atoms with van der Waals surface area (Å²) >= 11 is 0. The predicted octanol–water partition coefficient (Wildman–Crippen LogP) is 17.0. The van der Waals surface area contributed by atoms with Crippen LogP contribution in [-0.2, 0) is 42.9 Å². The largest absolute Gasteiger partial charge is 0.479 e. The van der Waals surface area contributed by atoms with E-state index in [1.54, 1.807) is 0 Å². The Hall–Kier alpha value is -4.62. The molecule has 6 atom stereocenters. The van der Waals surface area contributed by atoms with Gasteiger partial charge < -0.3 is 39.0 Å². The van der Waals surface area contributed by atoms with E-state index in [1.807, 2.05) is 0 Å². The molecule has 0 saturated carbocycles. The number of hydrogen-bond donors (Lipinski definition) is 3. The number of unbranched alkanes of at least 4 members (excludes halogenated alkanes) is 21. The lowest BCUT2D eigenvalue weighted by atomic mass is 9.98. The zero-order valence-electron chi connectivity index (χ0n) is 50.7. The van der Waals surface area contributed by atoms with E-state index < -0.39 is 67.3 Å². The topological polar surface area (TPSA) is 175 Å². The third-order valence-corrected chi connectivity index (χ3v) is 13.8. The Kier molecular flexibility index (Phi) is 51.3. The Morgan fingerprint density at radius 3 is 1.25 bits per heavy atom. The maximum absolute atomic E-state index is 13.2. The highest BCUT2D eigenvalue weighted by atomic mass is 16.7. The monoisotopic (exact) mass is 1130 g/mol. The zero-order chi connectivity index (χ0) is 58.9. The second-order valence-electron chi connectivity index (χ2n) is 21.3. The van der Waals surface area contributed by atoms with Crippen LogP contribution < -0.4 is 0 Å². The summed E-state index contributed by atoms with van der Waals surface area (Å²) in [5.74, 6) is -3.19. The molecule has 12 heteroatoms. The lowest BCUT2D eigenvalue weighted by Crippen LogP contribution is -2.61. The number of carboxylic acid groups (broad SMARTS) is 1. The maximum atomic E-state index is 13.2. The van der Waals surface area contributed by atoms with Gasteiger partial charge in [-0.1, -0.05) is 220 Å². The van der Waals surface area contributed by atoms with Crippen molar-refractivity contribution in [1.29, 1.82) is 0 Å². The van der Waals surface area contributed by atoms with E-state index in [-0.39, 0.29) is 25.9 Å². The Balaban J connectivity index is 2.70. The van der Waals surface area contributed by atoms with Gasteiger partial charge >= 0.3 is 23.9 Å². The Labute approximate surface area is 491 Å². The van der Waals surface area contributed by atoms with Crippen molar-refractivity contribution in [2.24, 2.45) is 0 Å². The fraction of sp³-hybridized carbons (Fsp3) is 0.681. The average Bonchev–Trinajstić information content (AvgIpc) is 3.46. The lowest BCUT2D eigenvalue weighted by Gasteiger charge is -2.40. The number of carbonyl (C=O) groups excluding carboxylic acids is 3. The SMILES string of the molecule is CC/C=C\C/C=C\C/C=C\C/C=C\C/C=C\CCCCCC(=O)OCC(COC1OC(C(=O)O)C(O)C(O)C1OC(=O)CCCCCCC/C=C\C/C=C\CCC)OC(=O)CCCCCCCCCCC/C=C\C/C=C\CCCCC. The van der Waals surface area contributed by atoms with Gasteiger partial charge in [-0.3, -0.25) is 14.4 Å². The third-order valence-electron chi connectivity index (χ3n) is 13.8. The quantitative estimate of drug-likeness (QED) is 0.0228. The summed E-state index contributed by atoms with van der Waals surface area (Å²) in [5, 5.41) is 31.5. The molecule has 1 fully saturated rings. The number of rotatable bonds is 53. The van der Waals surface area contributed by atoms with Gasteiger partial charge in [-0.25, -0.2) is 4.79 Å². The number of allylic oxidation sites excluding steroid dienone is 18. The predicted molar refractivity (Wildman–Crippen MR) is 330 cm³/mol.